The van der Waals surface area contributed by atoms with Crippen LogP contribution in [0.5, 0.6) is 0 Å². The first kappa shape index (κ1) is 20.5. The SMILES string of the molecule is CC(C)(C)c1ccc(S(=O)(=O)N2CCc3nc(NC(=O)C4CCC4)sc3C2)cc1. The number of nitrogens with one attached hydrogen (secondary N) is 1. The van der Waals surface area contributed by atoms with Crippen LogP contribution >= 0.6 is 11.3 Å². The van der Waals surface area contributed by atoms with Crippen molar-refractivity contribution in [3.8, 4) is 0 Å². The van der Waals surface area contributed by atoms with E-state index < -0.39 is 10.0 Å². The van der Waals surface area contributed by atoms with Crippen molar-refractivity contribution in [2.24, 2.45) is 5.92 Å². The molecule has 2 heterocycles. The summed E-state index contributed by atoms with van der Waals surface area (Å²) in [5.41, 5.74) is 1.98. The zero-order valence-corrected chi connectivity index (χ0v) is 18.7. The van der Waals surface area contributed by atoms with Crippen molar-refractivity contribution in [1.29, 1.82) is 0 Å². The quantitative estimate of drug-likeness (QED) is 0.792. The Morgan fingerprint density at radius 1 is 1.21 bits per heavy atom. The van der Waals surface area contributed by atoms with Crippen molar-refractivity contribution in [3.63, 3.8) is 0 Å². The maximum absolute atomic E-state index is 13.1. The predicted octanol–water partition coefficient (Wildman–Crippen LogP) is 3.93. The van der Waals surface area contributed by atoms with Crippen LogP contribution in [0.2, 0.25) is 0 Å². The summed E-state index contributed by atoms with van der Waals surface area (Å²) >= 11 is 1.39. The number of amides is 1. The fraction of sp³-hybridized carbons (Fsp3) is 0.524. The molecule has 29 heavy (non-hydrogen) atoms. The first-order valence-electron chi connectivity index (χ1n) is 10.0. The Hall–Kier alpha value is -1.77. The highest BCUT2D eigenvalue weighted by Gasteiger charge is 2.32. The molecule has 1 amide bonds. The Morgan fingerprint density at radius 3 is 2.48 bits per heavy atom. The van der Waals surface area contributed by atoms with E-state index in [2.05, 4.69) is 31.1 Å². The van der Waals surface area contributed by atoms with Crippen LogP contribution in [0.1, 0.15) is 56.2 Å². The summed E-state index contributed by atoms with van der Waals surface area (Å²) in [5, 5.41) is 3.49. The fourth-order valence-electron chi connectivity index (χ4n) is 3.58. The third-order valence-electron chi connectivity index (χ3n) is 5.76. The summed E-state index contributed by atoms with van der Waals surface area (Å²) in [5.74, 6) is 0.134. The zero-order valence-electron chi connectivity index (χ0n) is 17.1. The zero-order chi connectivity index (χ0) is 20.8. The van der Waals surface area contributed by atoms with E-state index in [4.69, 9.17) is 0 Å². The van der Waals surface area contributed by atoms with Gasteiger partial charge in [-0.05, 0) is 36.0 Å². The number of anilines is 1. The van der Waals surface area contributed by atoms with Crippen LogP contribution in [-0.2, 0) is 33.2 Å². The summed E-state index contributed by atoms with van der Waals surface area (Å²) in [6.45, 7) is 7.02. The number of fused-ring (bicyclic) bond motifs is 1. The molecule has 1 aromatic heterocycles. The molecule has 2 aromatic rings. The fourth-order valence-corrected chi connectivity index (χ4v) is 6.10. The van der Waals surface area contributed by atoms with Crippen LogP contribution in [-0.4, -0.2) is 30.2 Å². The Balaban J connectivity index is 1.49. The second kappa shape index (κ2) is 7.49. The van der Waals surface area contributed by atoms with Crippen LogP contribution in [0.3, 0.4) is 0 Å². The number of carbonyl (C=O) groups is 1. The number of hydrogen-bond acceptors (Lipinski definition) is 5. The number of hydrogen-bond donors (Lipinski definition) is 1. The average molecular weight is 434 g/mol. The molecule has 4 rings (SSSR count). The Kier molecular flexibility index (Phi) is 5.29. The first-order valence-corrected chi connectivity index (χ1v) is 12.3. The number of sulfonamides is 1. The molecule has 0 bridgehead atoms. The van der Waals surface area contributed by atoms with Crippen LogP contribution in [0, 0.1) is 5.92 Å². The number of thiazole rings is 1. The van der Waals surface area contributed by atoms with Crippen LogP contribution < -0.4 is 5.32 Å². The smallest absolute Gasteiger partial charge is 0.243 e. The van der Waals surface area contributed by atoms with Gasteiger partial charge in [-0.1, -0.05) is 39.3 Å². The summed E-state index contributed by atoms with van der Waals surface area (Å²) in [7, 11) is -3.56. The molecule has 6 nitrogen and oxygen atoms in total. The highest BCUT2D eigenvalue weighted by atomic mass is 32.2. The van der Waals surface area contributed by atoms with Crippen LogP contribution in [0.25, 0.3) is 0 Å². The molecule has 1 saturated carbocycles. The maximum Gasteiger partial charge on any atom is 0.243 e. The molecule has 1 aromatic carbocycles. The van der Waals surface area contributed by atoms with E-state index in [9.17, 15) is 13.2 Å². The summed E-state index contributed by atoms with van der Waals surface area (Å²) in [4.78, 5) is 17.9. The third kappa shape index (κ3) is 4.11. The minimum atomic E-state index is -3.56. The molecule has 1 aliphatic heterocycles. The molecule has 0 atom stereocenters. The van der Waals surface area contributed by atoms with E-state index in [1.54, 1.807) is 12.1 Å². The van der Waals surface area contributed by atoms with Gasteiger partial charge in [0.1, 0.15) is 0 Å². The second-order valence-corrected chi connectivity index (χ2v) is 11.9. The van der Waals surface area contributed by atoms with Crippen molar-refractivity contribution in [2.75, 3.05) is 11.9 Å². The van der Waals surface area contributed by atoms with Gasteiger partial charge in [0.25, 0.3) is 0 Å². The number of nitrogens with zero attached hydrogens (tertiary/aromatic N) is 2. The lowest BCUT2D eigenvalue weighted by Gasteiger charge is -2.26. The molecule has 2 aliphatic rings. The molecule has 0 spiro atoms. The topological polar surface area (TPSA) is 79.4 Å². The molecule has 0 unspecified atom stereocenters. The first-order chi connectivity index (χ1) is 13.6. The largest absolute Gasteiger partial charge is 0.302 e. The van der Waals surface area contributed by atoms with E-state index in [0.29, 0.717) is 29.5 Å². The summed E-state index contributed by atoms with van der Waals surface area (Å²) < 4.78 is 27.7. The number of carbonyl (C=O) groups excluding carboxylic acids is 1. The molecule has 1 fully saturated rings. The van der Waals surface area contributed by atoms with Gasteiger partial charge in [-0.3, -0.25) is 4.79 Å². The van der Waals surface area contributed by atoms with E-state index in [1.165, 1.54) is 15.6 Å². The van der Waals surface area contributed by atoms with Crippen molar-refractivity contribution >= 4 is 32.4 Å². The van der Waals surface area contributed by atoms with Crippen LogP contribution in [0.15, 0.2) is 29.2 Å². The number of benzene rings is 1. The lowest BCUT2D eigenvalue weighted by Crippen LogP contribution is -2.35. The van der Waals surface area contributed by atoms with E-state index in [-0.39, 0.29) is 17.2 Å². The van der Waals surface area contributed by atoms with Gasteiger partial charge in [-0.15, -0.1) is 11.3 Å². The minimum absolute atomic E-state index is 0.0225. The molecular formula is C21H27N3O3S2. The van der Waals surface area contributed by atoms with Crippen molar-refractivity contribution in [1.82, 2.24) is 9.29 Å². The van der Waals surface area contributed by atoms with Gasteiger partial charge in [0, 0.05) is 23.8 Å². The highest BCUT2D eigenvalue weighted by Crippen LogP contribution is 2.33. The predicted molar refractivity (Wildman–Crippen MR) is 115 cm³/mol. The lowest BCUT2D eigenvalue weighted by molar-refractivity contribution is -0.122. The average Bonchev–Trinajstić information content (AvgIpc) is 3.00. The highest BCUT2D eigenvalue weighted by molar-refractivity contribution is 7.89. The normalized spacial score (nSPS) is 18.2. The molecule has 0 radical (unpaired) electrons. The Morgan fingerprint density at radius 2 is 1.90 bits per heavy atom. The van der Waals surface area contributed by atoms with Gasteiger partial charge in [0.15, 0.2) is 5.13 Å². The van der Waals surface area contributed by atoms with Crippen molar-refractivity contribution < 1.29 is 13.2 Å². The maximum atomic E-state index is 13.1. The molecule has 1 aliphatic carbocycles. The van der Waals surface area contributed by atoms with Gasteiger partial charge in [-0.25, -0.2) is 13.4 Å². The standard InChI is InChI=1S/C21H27N3O3S2/c1-21(2,3)15-7-9-16(10-8-15)29(26,27)24-12-11-17-18(13-24)28-20(22-17)23-19(25)14-5-4-6-14/h7-10,14H,4-6,11-13H2,1-3H3,(H,22,23,25). The lowest BCUT2D eigenvalue weighted by atomic mass is 9.85. The van der Waals surface area contributed by atoms with Gasteiger partial charge in [-0.2, -0.15) is 4.31 Å². The van der Waals surface area contributed by atoms with E-state index in [0.717, 1.165) is 35.4 Å². The molecular weight excluding hydrogens is 406 g/mol. The summed E-state index contributed by atoms with van der Waals surface area (Å²) in [6.07, 6.45) is 3.55. The van der Waals surface area contributed by atoms with E-state index in [1.807, 2.05) is 12.1 Å². The summed E-state index contributed by atoms with van der Waals surface area (Å²) in [6, 6.07) is 7.18. The molecule has 0 saturated heterocycles. The molecule has 8 heteroatoms. The van der Waals surface area contributed by atoms with Gasteiger partial charge in [0.05, 0.1) is 17.1 Å². The van der Waals surface area contributed by atoms with Crippen molar-refractivity contribution in [2.45, 2.75) is 63.3 Å². The molecule has 156 valence electrons. The Bertz CT molecular complexity index is 1020. The third-order valence-corrected chi connectivity index (χ3v) is 8.62. The number of aromatic nitrogens is 1. The number of rotatable bonds is 4. The van der Waals surface area contributed by atoms with Gasteiger partial charge in [0.2, 0.25) is 15.9 Å². The Labute approximate surface area is 176 Å². The monoisotopic (exact) mass is 433 g/mol. The van der Waals surface area contributed by atoms with Crippen LogP contribution in [0.4, 0.5) is 5.13 Å². The van der Waals surface area contributed by atoms with Gasteiger partial charge >= 0.3 is 0 Å². The van der Waals surface area contributed by atoms with E-state index >= 15 is 0 Å². The molecule has 1 N–H and O–H groups in total. The second-order valence-electron chi connectivity index (χ2n) is 8.87. The van der Waals surface area contributed by atoms with Gasteiger partial charge < -0.3 is 5.32 Å². The minimum Gasteiger partial charge on any atom is -0.302 e. The van der Waals surface area contributed by atoms with Crippen molar-refractivity contribution in [3.05, 3.63) is 40.4 Å².